The number of carboxylic acid groups (broad SMARTS) is 1. The van der Waals surface area contributed by atoms with Crippen molar-refractivity contribution in [2.45, 2.75) is 31.7 Å². The molecule has 0 bridgehead atoms. The van der Waals surface area contributed by atoms with Gasteiger partial charge in [0.1, 0.15) is 23.2 Å². The summed E-state index contributed by atoms with van der Waals surface area (Å²) in [5, 5.41) is 15.8. The molecular weight excluding hydrogens is 470 g/mol. The highest BCUT2D eigenvalue weighted by atomic mass is 31.0. The summed E-state index contributed by atoms with van der Waals surface area (Å²) in [5.41, 5.74) is -3.13. The maximum absolute atomic E-state index is 14.3. The zero-order valence-electron chi connectivity index (χ0n) is 18.6. The maximum Gasteiger partial charge on any atom is 0.335 e. The van der Waals surface area contributed by atoms with Gasteiger partial charge in [-0.1, -0.05) is 33.5 Å². The lowest BCUT2D eigenvalue weighted by molar-refractivity contribution is 0.0696. The summed E-state index contributed by atoms with van der Waals surface area (Å²) in [6, 6.07) is 10.5. The molecule has 0 aliphatic rings. The zero-order chi connectivity index (χ0) is 25.2. The van der Waals surface area contributed by atoms with Crippen molar-refractivity contribution < 1.29 is 32.6 Å². The third-order valence-corrected chi connectivity index (χ3v) is 5.40. The van der Waals surface area contributed by atoms with Crippen LogP contribution in [0.1, 0.15) is 63.6 Å². The SMILES string of the molecule is CC(F)c1nn(C)c(Oc2cccc(C(F)(F)P)c2)c1C(=O)NC(C)c1ccc(C(=O)O)cc1. The molecule has 3 atom stereocenters. The number of hydrogen-bond donors (Lipinski definition) is 2. The number of aromatic carboxylic acids is 1. The first-order chi connectivity index (χ1) is 15.9. The Kier molecular flexibility index (Phi) is 7.31. The minimum Gasteiger partial charge on any atom is -0.478 e. The van der Waals surface area contributed by atoms with E-state index < -0.39 is 29.8 Å². The fourth-order valence-electron chi connectivity index (χ4n) is 3.28. The number of nitrogens with zero attached hydrogens (tertiary/aromatic N) is 2. The van der Waals surface area contributed by atoms with E-state index in [1.165, 1.54) is 53.5 Å². The number of rotatable bonds is 8. The topological polar surface area (TPSA) is 93.5 Å². The summed E-state index contributed by atoms with van der Waals surface area (Å²) < 4.78 is 48.6. The molecule has 3 rings (SSSR count). The van der Waals surface area contributed by atoms with E-state index in [2.05, 4.69) is 10.4 Å². The lowest BCUT2D eigenvalue weighted by Gasteiger charge is -2.16. The van der Waals surface area contributed by atoms with Gasteiger partial charge in [-0.3, -0.25) is 4.79 Å². The molecule has 0 aliphatic heterocycles. The van der Waals surface area contributed by atoms with Crippen molar-refractivity contribution in [1.29, 1.82) is 0 Å². The molecule has 1 amide bonds. The minimum atomic E-state index is -3.18. The summed E-state index contributed by atoms with van der Waals surface area (Å²) in [5.74, 6) is -1.86. The monoisotopic (exact) mass is 493 g/mol. The summed E-state index contributed by atoms with van der Waals surface area (Å²) in [7, 11) is 2.88. The van der Waals surface area contributed by atoms with Crippen molar-refractivity contribution in [3.05, 3.63) is 76.5 Å². The van der Waals surface area contributed by atoms with Crippen molar-refractivity contribution in [3.8, 4) is 11.6 Å². The average Bonchev–Trinajstić information content (AvgIpc) is 3.09. The molecule has 2 N–H and O–H groups in total. The number of carboxylic acids is 1. The summed E-state index contributed by atoms with van der Waals surface area (Å²) in [6.45, 7) is 2.89. The van der Waals surface area contributed by atoms with Gasteiger partial charge < -0.3 is 15.2 Å². The number of amides is 1. The second-order valence-corrected chi connectivity index (χ2v) is 8.41. The first-order valence-electron chi connectivity index (χ1n) is 10.2. The zero-order valence-corrected chi connectivity index (χ0v) is 19.7. The van der Waals surface area contributed by atoms with Crippen molar-refractivity contribution in [2.75, 3.05) is 0 Å². The van der Waals surface area contributed by atoms with E-state index in [-0.39, 0.29) is 34.0 Å². The second-order valence-electron chi connectivity index (χ2n) is 7.68. The number of aryl methyl sites for hydroxylation is 1. The Morgan fingerprint density at radius 3 is 2.38 bits per heavy atom. The Morgan fingerprint density at radius 1 is 1.18 bits per heavy atom. The van der Waals surface area contributed by atoms with Crippen LogP contribution in [0.4, 0.5) is 13.2 Å². The number of ether oxygens (including phenoxy) is 1. The first kappa shape index (κ1) is 25.2. The van der Waals surface area contributed by atoms with E-state index in [0.29, 0.717) is 5.56 Å². The number of benzene rings is 2. The Hall–Kier alpha value is -3.39. The van der Waals surface area contributed by atoms with E-state index in [4.69, 9.17) is 9.84 Å². The molecule has 0 radical (unpaired) electrons. The number of halogens is 3. The van der Waals surface area contributed by atoms with Gasteiger partial charge in [-0.2, -0.15) is 13.9 Å². The smallest absolute Gasteiger partial charge is 0.335 e. The summed E-state index contributed by atoms with van der Waals surface area (Å²) in [6.07, 6.45) is -1.61. The van der Waals surface area contributed by atoms with Crippen LogP contribution in [0.15, 0.2) is 48.5 Å². The average molecular weight is 493 g/mol. The number of alkyl halides is 3. The largest absolute Gasteiger partial charge is 0.478 e. The molecule has 7 nitrogen and oxygen atoms in total. The Bertz CT molecular complexity index is 1210. The van der Waals surface area contributed by atoms with Crippen molar-refractivity contribution in [2.24, 2.45) is 7.05 Å². The number of hydrogen-bond acceptors (Lipinski definition) is 4. The van der Waals surface area contributed by atoms with E-state index >= 15 is 0 Å². The first-order valence-corrected chi connectivity index (χ1v) is 10.8. The van der Waals surface area contributed by atoms with Crippen LogP contribution in [-0.2, 0) is 12.7 Å². The molecule has 1 aromatic heterocycles. The highest BCUT2D eigenvalue weighted by Crippen LogP contribution is 2.38. The third-order valence-electron chi connectivity index (χ3n) is 5.06. The van der Waals surface area contributed by atoms with Gasteiger partial charge in [0, 0.05) is 12.6 Å². The van der Waals surface area contributed by atoms with E-state index in [9.17, 15) is 22.8 Å². The van der Waals surface area contributed by atoms with Gasteiger partial charge in [-0.05, 0) is 43.7 Å². The van der Waals surface area contributed by atoms with Gasteiger partial charge in [-0.25, -0.2) is 13.9 Å². The van der Waals surface area contributed by atoms with Gasteiger partial charge >= 0.3 is 5.97 Å². The highest BCUT2D eigenvalue weighted by molar-refractivity contribution is 7.17. The van der Waals surface area contributed by atoms with Crippen LogP contribution < -0.4 is 10.1 Å². The Morgan fingerprint density at radius 2 is 1.82 bits per heavy atom. The normalized spacial score (nSPS) is 13.3. The molecule has 3 unspecified atom stereocenters. The van der Waals surface area contributed by atoms with E-state index in [0.717, 1.165) is 10.7 Å². The van der Waals surface area contributed by atoms with Crippen LogP contribution in [0.2, 0.25) is 0 Å². The van der Waals surface area contributed by atoms with Crippen molar-refractivity contribution in [3.63, 3.8) is 0 Å². The van der Waals surface area contributed by atoms with E-state index in [1.54, 1.807) is 19.1 Å². The maximum atomic E-state index is 14.3. The van der Waals surface area contributed by atoms with Crippen LogP contribution in [0, 0.1) is 0 Å². The molecule has 0 saturated heterocycles. The van der Waals surface area contributed by atoms with Crippen LogP contribution >= 0.6 is 9.24 Å². The molecule has 0 fully saturated rings. The minimum absolute atomic E-state index is 0.0204. The van der Waals surface area contributed by atoms with Crippen LogP contribution in [0.3, 0.4) is 0 Å². The summed E-state index contributed by atoms with van der Waals surface area (Å²) >= 11 is 0. The molecule has 180 valence electrons. The van der Waals surface area contributed by atoms with Gasteiger partial charge in [0.2, 0.25) is 5.88 Å². The fraction of sp³-hybridized carbons (Fsp3) is 0.261. The molecule has 11 heteroatoms. The lowest BCUT2D eigenvalue weighted by Crippen LogP contribution is -2.27. The molecule has 0 spiro atoms. The highest BCUT2D eigenvalue weighted by Gasteiger charge is 2.30. The number of nitrogens with one attached hydrogen (secondary N) is 1. The molecule has 2 aromatic carbocycles. The standard InChI is InChI=1S/C23H23F3N3O4P/c1-12(24)19-18(20(30)27-13(2)14-7-9-15(10-8-14)22(31)32)21(29(3)28-19)33-17-6-4-5-16(11-17)23(25,26)34/h4-13H,34H2,1-3H3,(H,27,30)(H,31,32). The quantitative estimate of drug-likeness (QED) is 0.413. The lowest BCUT2D eigenvalue weighted by atomic mass is 10.1. The van der Waals surface area contributed by atoms with Crippen LogP contribution in [-0.4, -0.2) is 26.8 Å². The van der Waals surface area contributed by atoms with E-state index in [1.807, 2.05) is 0 Å². The van der Waals surface area contributed by atoms with Gasteiger partial charge in [0.05, 0.1) is 11.6 Å². The Balaban J connectivity index is 1.92. The Labute approximate surface area is 196 Å². The predicted octanol–water partition coefficient (Wildman–Crippen LogP) is 5.36. The summed E-state index contributed by atoms with van der Waals surface area (Å²) in [4.78, 5) is 24.2. The molecule has 1 heterocycles. The molecule has 0 aliphatic carbocycles. The van der Waals surface area contributed by atoms with Gasteiger partial charge in [0.15, 0.2) is 0 Å². The van der Waals surface area contributed by atoms with Gasteiger partial charge in [0.25, 0.3) is 11.6 Å². The van der Waals surface area contributed by atoms with Crippen molar-refractivity contribution >= 4 is 21.1 Å². The fourth-order valence-corrected chi connectivity index (χ4v) is 3.46. The molecule has 34 heavy (non-hydrogen) atoms. The second kappa shape index (κ2) is 9.85. The molecule has 0 saturated carbocycles. The molecular formula is C23H23F3N3O4P. The van der Waals surface area contributed by atoms with Gasteiger partial charge in [-0.15, -0.1) is 0 Å². The number of carbonyl (C=O) groups excluding carboxylic acids is 1. The number of carbonyl (C=O) groups is 2. The predicted molar refractivity (Wildman–Crippen MR) is 122 cm³/mol. The van der Waals surface area contributed by atoms with Crippen LogP contribution in [0.5, 0.6) is 11.6 Å². The third kappa shape index (κ3) is 5.56. The number of aromatic nitrogens is 2. The van der Waals surface area contributed by atoms with Crippen LogP contribution in [0.25, 0.3) is 0 Å². The molecule has 3 aromatic rings. The van der Waals surface area contributed by atoms with Crippen molar-refractivity contribution in [1.82, 2.24) is 15.1 Å².